The van der Waals surface area contributed by atoms with Crippen molar-refractivity contribution in [3.8, 4) is 0 Å². The Hall–Kier alpha value is -1.72. The van der Waals surface area contributed by atoms with Crippen LogP contribution in [-0.4, -0.2) is 86.2 Å². The number of carbonyl (C=O) groups is 3. The molecule has 0 saturated heterocycles. The highest BCUT2D eigenvalue weighted by Gasteiger charge is 2.62. The second-order valence-electron chi connectivity index (χ2n) is 11.4. The summed E-state index contributed by atoms with van der Waals surface area (Å²) < 4.78 is 59.9. The number of carbonyl (C=O) groups excluding carboxylic acids is 3. The fraction of sp³-hybridized carbons (Fsp3) is 0.880. The average molecular weight is 663 g/mol. The summed E-state index contributed by atoms with van der Waals surface area (Å²) in [4.78, 5) is 36.5. The number of nitrogens with one attached hydrogen (secondary N) is 3. The van der Waals surface area contributed by atoms with E-state index in [-0.39, 0.29) is 37.3 Å². The molecule has 6 N–H and O–H groups in total. The van der Waals surface area contributed by atoms with Crippen LogP contribution in [0.3, 0.4) is 0 Å². The SMILES string of the molecule is CCC1C[C@]1(NC(=O)OC(C)(C)C)C(=O)NS(=O)(=O)N(CC)CC.CCC1C[C@]1([NH3+])C(=O)NS(=O)(=O)N(CC)CC.[Cl-]. The average Bonchev–Trinajstić information content (AvgIpc) is 3.73. The zero-order valence-corrected chi connectivity index (χ0v) is 28.8. The van der Waals surface area contributed by atoms with Gasteiger partial charge in [0, 0.05) is 38.5 Å². The predicted octanol–water partition coefficient (Wildman–Crippen LogP) is -2.51. The molecule has 0 aromatic carbocycles. The third-order valence-electron chi connectivity index (χ3n) is 7.44. The highest BCUT2D eigenvalue weighted by atomic mass is 35.5. The minimum absolute atomic E-state index is 0. The normalized spacial score (nSPS) is 25.0. The van der Waals surface area contributed by atoms with Crippen molar-refractivity contribution < 1.29 is 54.1 Å². The second kappa shape index (κ2) is 15.3. The number of rotatable bonds is 13. The van der Waals surface area contributed by atoms with Gasteiger partial charge in [0.15, 0.2) is 5.54 Å². The summed E-state index contributed by atoms with van der Waals surface area (Å²) >= 11 is 0. The molecule has 2 saturated carbocycles. The summed E-state index contributed by atoms with van der Waals surface area (Å²) in [6.45, 7) is 17.1. The molecule has 17 heteroatoms. The zero-order chi connectivity index (χ0) is 32.0. The Kier molecular flexibility index (Phi) is 14.7. The highest BCUT2D eigenvalue weighted by molar-refractivity contribution is 7.88. The third kappa shape index (κ3) is 10.2. The molecule has 2 aliphatic carbocycles. The Morgan fingerprint density at radius 2 is 1.19 bits per heavy atom. The first kappa shape index (κ1) is 40.3. The van der Waals surface area contributed by atoms with Gasteiger partial charge in [-0.25, -0.2) is 14.2 Å². The van der Waals surface area contributed by atoms with Crippen molar-refractivity contribution >= 4 is 38.3 Å². The molecular weight excluding hydrogens is 612 g/mol. The van der Waals surface area contributed by atoms with E-state index >= 15 is 0 Å². The Morgan fingerprint density at radius 1 is 0.786 bits per heavy atom. The lowest BCUT2D eigenvalue weighted by atomic mass is 10.1. The van der Waals surface area contributed by atoms with Crippen LogP contribution in [0.4, 0.5) is 4.79 Å². The van der Waals surface area contributed by atoms with E-state index in [1.165, 1.54) is 4.31 Å². The number of ether oxygens (including phenoxy) is 1. The van der Waals surface area contributed by atoms with E-state index in [2.05, 4.69) is 20.5 Å². The lowest BCUT2D eigenvalue weighted by Crippen LogP contribution is -3.00. The molecule has 0 radical (unpaired) electrons. The summed E-state index contributed by atoms with van der Waals surface area (Å²) in [5.41, 5.74) is 1.17. The Labute approximate surface area is 258 Å². The van der Waals surface area contributed by atoms with Crippen molar-refractivity contribution in [3.63, 3.8) is 0 Å². The largest absolute Gasteiger partial charge is 1.00 e. The number of amides is 3. The quantitative estimate of drug-likeness (QED) is 0.166. The maximum absolute atomic E-state index is 12.6. The highest BCUT2D eigenvalue weighted by Crippen LogP contribution is 2.46. The molecular formula is C25H51ClN6O8S2. The lowest BCUT2D eigenvalue weighted by molar-refractivity contribution is -0.425. The number of nitrogens with zero attached hydrogens (tertiary/aromatic N) is 2. The number of quaternary nitrogens is 1. The fourth-order valence-electron chi connectivity index (χ4n) is 4.67. The van der Waals surface area contributed by atoms with Crippen LogP contribution in [0.15, 0.2) is 0 Å². The van der Waals surface area contributed by atoms with Gasteiger partial charge in [-0.05, 0) is 39.5 Å². The molecule has 0 heterocycles. The Balaban J connectivity index is 0.000000825. The fourth-order valence-corrected chi connectivity index (χ4v) is 7.15. The number of hydrogen-bond acceptors (Lipinski definition) is 8. The second-order valence-corrected chi connectivity index (χ2v) is 14.8. The van der Waals surface area contributed by atoms with E-state index in [0.717, 1.165) is 10.7 Å². The van der Waals surface area contributed by atoms with Crippen LogP contribution in [0.25, 0.3) is 0 Å². The molecule has 2 fully saturated rings. The Morgan fingerprint density at radius 3 is 1.50 bits per heavy atom. The van der Waals surface area contributed by atoms with Crippen molar-refractivity contribution in [1.29, 1.82) is 0 Å². The molecule has 42 heavy (non-hydrogen) atoms. The molecule has 2 rings (SSSR count). The number of alkyl carbamates (subject to hydrolysis) is 1. The summed E-state index contributed by atoms with van der Waals surface area (Å²) in [6.07, 6.45) is 1.83. The van der Waals surface area contributed by atoms with Crippen molar-refractivity contribution in [2.24, 2.45) is 11.8 Å². The molecule has 4 atom stereocenters. The van der Waals surface area contributed by atoms with E-state index < -0.39 is 55.0 Å². The van der Waals surface area contributed by atoms with Crippen LogP contribution in [0.2, 0.25) is 0 Å². The van der Waals surface area contributed by atoms with Crippen molar-refractivity contribution in [2.45, 2.75) is 105 Å². The predicted molar refractivity (Wildman–Crippen MR) is 154 cm³/mol. The summed E-state index contributed by atoms with van der Waals surface area (Å²) in [5, 5.41) is 2.57. The van der Waals surface area contributed by atoms with Gasteiger partial charge < -0.3 is 28.2 Å². The number of halogens is 1. The summed E-state index contributed by atoms with van der Waals surface area (Å²) in [7, 11) is -7.63. The molecule has 0 spiro atoms. The van der Waals surface area contributed by atoms with E-state index in [0.29, 0.717) is 32.4 Å². The van der Waals surface area contributed by atoms with E-state index in [1.54, 1.807) is 48.5 Å². The van der Waals surface area contributed by atoms with Gasteiger partial charge in [-0.3, -0.25) is 9.59 Å². The van der Waals surface area contributed by atoms with Crippen LogP contribution >= 0.6 is 0 Å². The van der Waals surface area contributed by atoms with Gasteiger partial charge >= 0.3 is 26.5 Å². The smallest absolute Gasteiger partial charge is 0.408 e. The van der Waals surface area contributed by atoms with E-state index in [9.17, 15) is 31.2 Å². The molecule has 0 aromatic heterocycles. The minimum atomic E-state index is -3.93. The summed E-state index contributed by atoms with van der Waals surface area (Å²) in [6, 6.07) is 0. The van der Waals surface area contributed by atoms with Crippen molar-refractivity contribution in [2.75, 3.05) is 26.2 Å². The zero-order valence-electron chi connectivity index (χ0n) is 26.4. The monoisotopic (exact) mass is 662 g/mol. The van der Waals surface area contributed by atoms with Crippen molar-refractivity contribution in [3.05, 3.63) is 0 Å². The molecule has 0 aliphatic heterocycles. The maximum atomic E-state index is 12.6. The molecule has 0 aromatic rings. The van der Waals surface area contributed by atoms with Gasteiger partial charge in [0.2, 0.25) is 0 Å². The lowest BCUT2D eigenvalue weighted by Gasteiger charge is -2.25. The number of hydrogen-bond donors (Lipinski definition) is 4. The van der Waals surface area contributed by atoms with Gasteiger partial charge in [0.1, 0.15) is 11.1 Å². The molecule has 2 aliphatic rings. The van der Waals surface area contributed by atoms with Crippen molar-refractivity contribution in [1.82, 2.24) is 23.4 Å². The maximum Gasteiger partial charge on any atom is 0.408 e. The minimum Gasteiger partial charge on any atom is -1.00 e. The van der Waals surface area contributed by atoms with E-state index in [1.807, 2.05) is 13.8 Å². The molecule has 248 valence electrons. The van der Waals surface area contributed by atoms with Gasteiger partial charge in [-0.2, -0.15) is 25.4 Å². The third-order valence-corrected chi connectivity index (χ3v) is 10.7. The van der Waals surface area contributed by atoms with Gasteiger partial charge in [-0.1, -0.05) is 48.0 Å². The topological polar surface area (TPSA) is 199 Å². The van der Waals surface area contributed by atoms with Gasteiger partial charge in [0.05, 0.1) is 0 Å². The molecule has 0 bridgehead atoms. The van der Waals surface area contributed by atoms with Crippen LogP contribution in [0.5, 0.6) is 0 Å². The standard InChI is InChI=1S/C15H29N3O5S.C10H21N3O3S.ClH/c1-7-11-10-15(11,16-13(20)23-14(4,5)6)12(19)17-24(21,22)18(8-2)9-3;1-4-8-7-10(8,11)9(14)12-17(15,16)13(5-2)6-3;/h11H,7-10H2,1-6H3,(H,16,20)(H,17,19);8H,4-7,11H2,1-3H3,(H,12,14);1H/t11?,15-;8?,10-;/m11./s1. The first-order chi connectivity index (χ1) is 18.7. The van der Waals surface area contributed by atoms with E-state index in [4.69, 9.17) is 4.74 Å². The molecule has 3 amide bonds. The van der Waals surface area contributed by atoms with Crippen LogP contribution in [-0.2, 0) is 34.7 Å². The molecule has 14 nitrogen and oxygen atoms in total. The summed E-state index contributed by atoms with van der Waals surface area (Å²) in [5.74, 6) is -1.10. The van der Waals surface area contributed by atoms with Crippen LogP contribution in [0, 0.1) is 11.8 Å². The van der Waals surface area contributed by atoms with Gasteiger partial charge in [-0.15, -0.1) is 0 Å². The molecule has 2 unspecified atom stereocenters. The first-order valence-corrected chi connectivity index (χ1v) is 17.1. The first-order valence-electron chi connectivity index (χ1n) is 14.2. The Bertz CT molecular complexity index is 1160. The van der Waals surface area contributed by atoms with Gasteiger partial charge in [0.25, 0.3) is 11.8 Å². The van der Waals surface area contributed by atoms with Crippen LogP contribution < -0.4 is 32.9 Å². The van der Waals surface area contributed by atoms with Crippen LogP contribution in [0.1, 0.15) is 88.0 Å².